The maximum Gasteiger partial charge on any atom is 0.296 e. The molecule has 1 aliphatic heterocycles. The molecule has 10 heteroatoms. The maximum atomic E-state index is 13.5. The third-order valence-corrected chi connectivity index (χ3v) is 8.24. The van der Waals surface area contributed by atoms with E-state index in [0.717, 1.165) is 19.0 Å². The Hall–Kier alpha value is -4.28. The van der Waals surface area contributed by atoms with E-state index in [4.69, 9.17) is 4.74 Å². The first-order valence-corrected chi connectivity index (χ1v) is 16.6. The van der Waals surface area contributed by atoms with E-state index in [2.05, 4.69) is 80.7 Å². The van der Waals surface area contributed by atoms with Crippen LogP contribution < -0.4 is 10.2 Å². The Morgan fingerprint density at radius 1 is 0.745 bits per heavy atom. The van der Waals surface area contributed by atoms with Gasteiger partial charge >= 0.3 is 0 Å². The van der Waals surface area contributed by atoms with Crippen molar-refractivity contribution in [1.29, 1.82) is 0 Å². The Balaban J connectivity index is 0.000000166. The van der Waals surface area contributed by atoms with Crippen LogP contribution in [0.5, 0.6) is 0 Å². The third-order valence-electron chi connectivity index (χ3n) is 8.24. The zero-order valence-electron chi connectivity index (χ0n) is 27.4. The average molecular weight is 642 g/mol. The second-order valence-electron chi connectivity index (χ2n) is 12.0. The third kappa shape index (κ3) is 10.1. The van der Waals surface area contributed by atoms with Crippen molar-refractivity contribution in [3.05, 3.63) is 108 Å². The number of para-hydroxylation sites is 2. The predicted octanol–water partition coefficient (Wildman–Crippen LogP) is 7.86. The van der Waals surface area contributed by atoms with Crippen LogP contribution in [0.1, 0.15) is 68.2 Å². The highest BCUT2D eigenvalue weighted by Crippen LogP contribution is 2.27. The van der Waals surface area contributed by atoms with Gasteiger partial charge in [-0.3, -0.25) is 4.57 Å². The molecule has 3 heterocycles. The van der Waals surface area contributed by atoms with Crippen LogP contribution in [-0.2, 0) is 17.8 Å². The van der Waals surface area contributed by atoms with Crippen molar-refractivity contribution in [2.45, 2.75) is 65.5 Å². The summed E-state index contributed by atoms with van der Waals surface area (Å²) in [4.78, 5) is 19.1. The van der Waals surface area contributed by atoms with Crippen LogP contribution in [0, 0.1) is 12.8 Å². The number of morpholine rings is 1. The number of hydrogen-bond donors (Lipinski definition) is 1. The number of nitrogens with zero attached hydrogens (tertiary/aromatic N) is 6. The summed E-state index contributed by atoms with van der Waals surface area (Å²) in [5, 5.41) is 3.42. The molecule has 0 atom stereocenters. The molecule has 248 valence electrons. The molecule has 8 nitrogen and oxygen atoms in total. The lowest BCUT2D eigenvalue weighted by Crippen LogP contribution is -2.37. The van der Waals surface area contributed by atoms with E-state index < -0.39 is 6.43 Å². The Labute approximate surface area is 276 Å². The van der Waals surface area contributed by atoms with Crippen molar-refractivity contribution >= 4 is 17.0 Å². The van der Waals surface area contributed by atoms with E-state index in [0.29, 0.717) is 49.1 Å². The predicted molar refractivity (Wildman–Crippen MR) is 183 cm³/mol. The number of benzene rings is 3. The molecule has 0 bridgehead atoms. The topological polar surface area (TPSA) is 81.0 Å². The first kappa shape index (κ1) is 34.1. The van der Waals surface area contributed by atoms with Crippen molar-refractivity contribution in [2.75, 3.05) is 31.2 Å². The summed E-state index contributed by atoms with van der Waals surface area (Å²) in [7, 11) is 0. The van der Waals surface area contributed by atoms with Gasteiger partial charge in [0.1, 0.15) is 5.82 Å². The number of rotatable bonds is 7. The second-order valence-corrected chi connectivity index (χ2v) is 12.0. The minimum atomic E-state index is -2.74. The number of nitrogens with one attached hydrogen (secondary N) is 1. The highest BCUT2D eigenvalue weighted by molar-refractivity contribution is 5.77. The number of fused-ring (bicyclic) bond motifs is 1. The van der Waals surface area contributed by atoms with Gasteiger partial charge in [0.25, 0.3) is 6.43 Å². The van der Waals surface area contributed by atoms with E-state index in [-0.39, 0.29) is 11.8 Å². The van der Waals surface area contributed by atoms with Gasteiger partial charge in [-0.25, -0.2) is 13.8 Å². The molecule has 0 unspecified atom stereocenters. The summed E-state index contributed by atoms with van der Waals surface area (Å²) < 4.78 is 33.7. The van der Waals surface area contributed by atoms with Gasteiger partial charge in [0.15, 0.2) is 5.82 Å². The van der Waals surface area contributed by atoms with Crippen LogP contribution >= 0.6 is 0 Å². The molecule has 1 saturated carbocycles. The number of halogens is 2. The zero-order valence-corrected chi connectivity index (χ0v) is 27.4. The fourth-order valence-electron chi connectivity index (χ4n) is 5.71. The standard InChI is InChI=1S/C16H16F2N6O.C14H15N.C7H14/c1-10-19-15(23-6-8-25-9-7-23)22-16(20-10)24-12-5-3-2-4-11(12)21-14(24)13(17)18;1-3-7-13(8-4-1)11-15-12-14-9-5-2-6-10-14;1-7-5-3-2-4-6-7/h2-5,13H,6-9H2,1H3;1-10,15H,11-12H2;7H,2-6H2,1H3. The normalized spacial score (nSPS) is 15.1. The highest BCUT2D eigenvalue weighted by Gasteiger charge is 2.23. The van der Waals surface area contributed by atoms with E-state index in [1.54, 1.807) is 31.2 Å². The van der Waals surface area contributed by atoms with Crippen molar-refractivity contribution in [2.24, 2.45) is 5.92 Å². The molecule has 0 spiro atoms. The van der Waals surface area contributed by atoms with Gasteiger partial charge in [-0.15, -0.1) is 0 Å². The number of aryl methyl sites for hydroxylation is 1. The summed E-state index contributed by atoms with van der Waals surface area (Å²) in [5.74, 6) is 1.74. The molecule has 2 fully saturated rings. The molecule has 3 aromatic carbocycles. The Kier molecular flexibility index (Phi) is 12.7. The van der Waals surface area contributed by atoms with E-state index in [1.807, 2.05) is 17.0 Å². The van der Waals surface area contributed by atoms with Gasteiger partial charge in [-0.2, -0.15) is 15.0 Å². The monoisotopic (exact) mass is 641 g/mol. The van der Waals surface area contributed by atoms with Gasteiger partial charge in [0.05, 0.1) is 24.2 Å². The Bertz CT molecular complexity index is 1600. The van der Waals surface area contributed by atoms with Crippen molar-refractivity contribution in [3.63, 3.8) is 0 Å². The van der Waals surface area contributed by atoms with Crippen LogP contribution in [0.25, 0.3) is 17.0 Å². The quantitative estimate of drug-likeness (QED) is 0.194. The van der Waals surface area contributed by atoms with Gasteiger partial charge in [-0.1, -0.05) is 112 Å². The molecular formula is C37H45F2N7O. The Morgan fingerprint density at radius 2 is 1.32 bits per heavy atom. The van der Waals surface area contributed by atoms with Crippen molar-refractivity contribution in [1.82, 2.24) is 29.8 Å². The van der Waals surface area contributed by atoms with Crippen LogP contribution in [0.2, 0.25) is 0 Å². The lowest BCUT2D eigenvalue weighted by Gasteiger charge is -2.27. The molecule has 0 radical (unpaired) electrons. The van der Waals surface area contributed by atoms with Gasteiger partial charge in [-0.05, 0) is 36.1 Å². The highest BCUT2D eigenvalue weighted by atomic mass is 19.3. The molecule has 0 amide bonds. The smallest absolute Gasteiger partial charge is 0.296 e. The number of imidazole rings is 1. The van der Waals surface area contributed by atoms with Crippen molar-refractivity contribution < 1.29 is 13.5 Å². The van der Waals surface area contributed by atoms with Crippen molar-refractivity contribution in [3.8, 4) is 5.95 Å². The summed E-state index contributed by atoms with van der Waals surface area (Å²) >= 11 is 0. The lowest BCUT2D eigenvalue weighted by molar-refractivity contribution is 0.122. The van der Waals surface area contributed by atoms with Gasteiger partial charge in [0, 0.05) is 26.2 Å². The second kappa shape index (κ2) is 17.6. The first-order valence-electron chi connectivity index (χ1n) is 16.6. The maximum absolute atomic E-state index is 13.5. The summed E-state index contributed by atoms with van der Waals surface area (Å²) in [6.07, 6.45) is 4.70. The van der Waals surface area contributed by atoms with Crippen LogP contribution in [-0.4, -0.2) is 50.8 Å². The SMILES string of the molecule is CC1CCCCC1.Cc1nc(N2CCOCC2)nc(-n2c(C(F)F)nc3ccccc32)n1.c1ccc(CNCc2ccccc2)cc1. The molecule has 47 heavy (non-hydrogen) atoms. The van der Waals surface area contributed by atoms with E-state index >= 15 is 0 Å². The molecule has 1 aliphatic carbocycles. The molecule has 2 aromatic heterocycles. The minimum Gasteiger partial charge on any atom is -0.378 e. The molecular weight excluding hydrogens is 596 g/mol. The molecule has 2 aliphatic rings. The zero-order chi connectivity index (χ0) is 32.8. The fraction of sp³-hybridized carbons (Fsp3) is 0.405. The molecule has 1 saturated heterocycles. The van der Waals surface area contributed by atoms with E-state index in [1.165, 1.54) is 47.8 Å². The summed E-state index contributed by atoms with van der Waals surface area (Å²) in [6.45, 7) is 8.39. The number of alkyl halides is 2. The summed E-state index contributed by atoms with van der Waals surface area (Å²) in [6, 6.07) is 27.8. The molecule has 7 rings (SSSR count). The molecule has 5 aromatic rings. The lowest BCUT2D eigenvalue weighted by atomic mass is 9.91. The number of anilines is 1. The van der Waals surface area contributed by atoms with E-state index in [9.17, 15) is 8.78 Å². The average Bonchev–Trinajstić information content (AvgIpc) is 3.51. The van der Waals surface area contributed by atoms with Crippen LogP contribution in [0.3, 0.4) is 0 Å². The number of hydrogen-bond acceptors (Lipinski definition) is 7. The van der Waals surface area contributed by atoms with Gasteiger partial charge in [0.2, 0.25) is 11.9 Å². The van der Waals surface area contributed by atoms with Crippen LogP contribution in [0.15, 0.2) is 84.9 Å². The van der Waals surface area contributed by atoms with Crippen LogP contribution in [0.4, 0.5) is 14.7 Å². The Morgan fingerprint density at radius 3 is 1.89 bits per heavy atom. The van der Waals surface area contributed by atoms with Gasteiger partial charge < -0.3 is 15.0 Å². The minimum absolute atomic E-state index is 0.151. The fourth-order valence-corrected chi connectivity index (χ4v) is 5.71. The summed E-state index contributed by atoms with van der Waals surface area (Å²) in [5.41, 5.74) is 3.67. The largest absolute Gasteiger partial charge is 0.378 e. The number of ether oxygens (including phenoxy) is 1. The number of aromatic nitrogens is 5. The molecule has 1 N–H and O–H groups in total. The first-order chi connectivity index (χ1) is 23.0.